The van der Waals surface area contributed by atoms with Crippen LogP contribution in [0.2, 0.25) is 5.02 Å². The van der Waals surface area contributed by atoms with Crippen LogP contribution < -0.4 is 10.2 Å². The van der Waals surface area contributed by atoms with E-state index in [1.165, 1.54) is 19.3 Å². The minimum Gasteiger partial charge on any atom is -0.396 e. The highest BCUT2D eigenvalue weighted by atomic mass is 35.5. The van der Waals surface area contributed by atoms with Gasteiger partial charge in [-0.1, -0.05) is 30.9 Å². The van der Waals surface area contributed by atoms with E-state index in [2.05, 4.69) is 10.2 Å². The lowest BCUT2D eigenvalue weighted by Crippen LogP contribution is -2.35. The molecule has 4 heteroatoms. The maximum atomic E-state index is 9.78. The van der Waals surface area contributed by atoms with E-state index in [1.54, 1.807) is 0 Å². The fourth-order valence-corrected chi connectivity index (χ4v) is 3.19. The second-order valence-electron chi connectivity index (χ2n) is 6.13. The molecule has 0 heterocycles. The fourth-order valence-electron chi connectivity index (χ4n) is 3.02. The highest BCUT2D eigenvalue weighted by molar-refractivity contribution is 6.31. The van der Waals surface area contributed by atoms with Crippen LogP contribution in [0.3, 0.4) is 0 Å². The van der Waals surface area contributed by atoms with Crippen molar-refractivity contribution in [3.63, 3.8) is 0 Å². The molecule has 1 aliphatic rings. The SMILES string of the molecule is CN(C)c1ccc(Cl)cc1NCC1(CO)CCCCC1. The Hall–Kier alpha value is -0.930. The monoisotopic (exact) mass is 296 g/mol. The number of anilines is 2. The number of benzene rings is 1. The predicted molar refractivity (Wildman–Crippen MR) is 86.9 cm³/mol. The number of nitrogens with zero attached hydrogens (tertiary/aromatic N) is 1. The molecule has 1 saturated carbocycles. The molecule has 1 fully saturated rings. The highest BCUT2D eigenvalue weighted by Gasteiger charge is 2.31. The maximum Gasteiger partial charge on any atom is 0.0597 e. The first-order valence-electron chi connectivity index (χ1n) is 7.38. The first-order valence-corrected chi connectivity index (χ1v) is 7.76. The van der Waals surface area contributed by atoms with Crippen molar-refractivity contribution in [3.05, 3.63) is 23.2 Å². The van der Waals surface area contributed by atoms with E-state index >= 15 is 0 Å². The average molecular weight is 297 g/mol. The van der Waals surface area contributed by atoms with Crippen molar-refractivity contribution in [1.29, 1.82) is 0 Å². The molecular formula is C16H25ClN2O. The Labute approximate surface area is 126 Å². The Bertz CT molecular complexity index is 442. The van der Waals surface area contributed by atoms with Crippen LogP contribution in [0.25, 0.3) is 0 Å². The third-order valence-corrected chi connectivity index (χ3v) is 4.58. The first-order chi connectivity index (χ1) is 9.56. The largest absolute Gasteiger partial charge is 0.396 e. The summed E-state index contributed by atoms with van der Waals surface area (Å²) in [5.41, 5.74) is 2.20. The van der Waals surface area contributed by atoms with Gasteiger partial charge in [0.2, 0.25) is 0 Å². The number of halogens is 1. The molecule has 1 aliphatic carbocycles. The van der Waals surface area contributed by atoms with Crippen molar-refractivity contribution in [3.8, 4) is 0 Å². The summed E-state index contributed by atoms with van der Waals surface area (Å²) in [6, 6.07) is 5.90. The molecule has 2 rings (SSSR count). The average Bonchev–Trinajstić information content (AvgIpc) is 2.46. The van der Waals surface area contributed by atoms with Crippen LogP contribution in [-0.2, 0) is 0 Å². The van der Waals surface area contributed by atoms with Crippen LogP contribution in [0.1, 0.15) is 32.1 Å². The van der Waals surface area contributed by atoms with Gasteiger partial charge in [0, 0.05) is 31.1 Å². The molecule has 112 valence electrons. The summed E-state index contributed by atoms with van der Waals surface area (Å²) in [4.78, 5) is 2.07. The predicted octanol–water partition coefficient (Wildman–Crippen LogP) is 3.76. The van der Waals surface area contributed by atoms with E-state index < -0.39 is 0 Å². The van der Waals surface area contributed by atoms with Crippen LogP contribution in [0.15, 0.2) is 18.2 Å². The Kier molecular flexibility index (Phi) is 5.17. The molecular weight excluding hydrogens is 272 g/mol. The molecule has 1 aromatic rings. The summed E-state index contributed by atoms with van der Waals surface area (Å²) >= 11 is 6.10. The Morgan fingerprint density at radius 3 is 2.55 bits per heavy atom. The van der Waals surface area contributed by atoms with Gasteiger partial charge in [-0.3, -0.25) is 0 Å². The molecule has 2 N–H and O–H groups in total. The van der Waals surface area contributed by atoms with E-state index in [-0.39, 0.29) is 12.0 Å². The third-order valence-electron chi connectivity index (χ3n) is 4.34. The topological polar surface area (TPSA) is 35.5 Å². The summed E-state index contributed by atoms with van der Waals surface area (Å²) in [7, 11) is 4.05. The fraction of sp³-hybridized carbons (Fsp3) is 0.625. The Balaban J connectivity index is 2.11. The highest BCUT2D eigenvalue weighted by Crippen LogP contribution is 2.37. The minimum atomic E-state index is 0.0319. The van der Waals surface area contributed by atoms with Gasteiger partial charge < -0.3 is 15.3 Å². The van der Waals surface area contributed by atoms with E-state index in [0.717, 1.165) is 35.8 Å². The lowest BCUT2D eigenvalue weighted by molar-refractivity contribution is 0.0944. The molecule has 0 spiro atoms. The van der Waals surface area contributed by atoms with E-state index in [1.807, 2.05) is 32.3 Å². The number of hydrogen-bond acceptors (Lipinski definition) is 3. The second kappa shape index (κ2) is 6.68. The normalized spacial score (nSPS) is 17.8. The minimum absolute atomic E-state index is 0.0319. The molecule has 0 aliphatic heterocycles. The van der Waals surface area contributed by atoms with Gasteiger partial charge in [0.1, 0.15) is 0 Å². The van der Waals surface area contributed by atoms with Gasteiger partial charge in [-0.05, 0) is 31.0 Å². The van der Waals surface area contributed by atoms with Crippen molar-refractivity contribution < 1.29 is 5.11 Å². The molecule has 0 bridgehead atoms. The number of rotatable bonds is 5. The summed E-state index contributed by atoms with van der Waals surface area (Å²) in [6.07, 6.45) is 5.95. The number of hydrogen-bond donors (Lipinski definition) is 2. The van der Waals surface area contributed by atoms with Gasteiger partial charge in [-0.25, -0.2) is 0 Å². The van der Waals surface area contributed by atoms with Gasteiger partial charge in [0.05, 0.1) is 18.0 Å². The van der Waals surface area contributed by atoms with Crippen LogP contribution in [0, 0.1) is 5.41 Å². The van der Waals surface area contributed by atoms with Crippen LogP contribution in [0.4, 0.5) is 11.4 Å². The van der Waals surface area contributed by atoms with Crippen LogP contribution >= 0.6 is 11.6 Å². The van der Waals surface area contributed by atoms with E-state index in [4.69, 9.17) is 11.6 Å². The van der Waals surface area contributed by atoms with Crippen LogP contribution in [0.5, 0.6) is 0 Å². The summed E-state index contributed by atoms with van der Waals surface area (Å²) in [6.45, 7) is 1.07. The molecule has 0 unspecified atom stereocenters. The smallest absolute Gasteiger partial charge is 0.0597 e. The lowest BCUT2D eigenvalue weighted by atomic mass is 9.74. The van der Waals surface area contributed by atoms with Crippen molar-refractivity contribution >= 4 is 23.0 Å². The molecule has 0 atom stereocenters. The molecule has 0 saturated heterocycles. The van der Waals surface area contributed by atoms with Crippen molar-refractivity contribution in [2.75, 3.05) is 37.5 Å². The van der Waals surface area contributed by atoms with Crippen LogP contribution in [-0.4, -0.2) is 32.4 Å². The molecule has 0 radical (unpaired) electrons. The van der Waals surface area contributed by atoms with Gasteiger partial charge in [0.15, 0.2) is 0 Å². The molecule has 3 nitrogen and oxygen atoms in total. The van der Waals surface area contributed by atoms with Crippen molar-refractivity contribution in [1.82, 2.24) is 0 Å². The zero-order valence-corrected chi connectivity index (χ0v) is 13.2. The van der Waals surface area contributed by atoms with E-state index in [9.17, 15) is 5.11 Å². The third kappa shape index (κ3) is 3.58. The Morgan fingerprint density at radius 1 is 1.25 bits per heavy atom. The Morgan fingerprint density at radius 2 is 1.95 bits per heavy atom. The van der Waals surface area contributed by atoms with Gasteiger partial charge in [-0.2, -0.15) is 0 Å². The van der Waals surface area contributed by atoms with Crippen molar-refractivity contribution in [2.45, 2.75) is 32.1 Å². The number of aliphatic hydroxyl groups is 1. The molecule has 1 aromatic carbocycles. The number of aliphatic hydroxyl groups excluding tert-OH is 1. The van der Waals surface area contributed by atoms with Gasteiger partial charge in [0.25, 0.3) is 0 Å². The summed E-state index contributed by atoms with van der Waals surface area (Å²) < 4.78 is 0. The standard InChI is InChI=1S/C16H25ClN2O/c1-19(2)15-7-6-13(17)10-14(15)18-11-16(12-20)8-4-3-5-9-16/h6-7,10,18,20H,3-5,8-9,11-12H2,1-2H3. The molecule has 0 amide bonds. The first kappa shape index (κ1) is 15.5. The second-order valence-corrected chi connectivity index (χ2v) is 6.56. The molecule has 0 aromatic heterocycles. The number of nitrogens with one attached hydrogen (secondary N) is 1. The zero-order valence-electron chi connectivity index (χ0n) is 12.5. The molecule has 20 heavy (non-hydrogen) atoms. The lowest BCUT2D eigenvalue weighted by Gasteiger charge is -2.36. The maximum absolute atomic E-state index is 9.78. The summed E-state index contributed by atoms with van der Waals surface area (Å²) in [5, 5.41) is 14.0. The van der Waals surface area contributed by atoms with Crippen molar-refractivity contribution in [2.24, 2.45) is 5.41 Å². The zero-order chi connectivity index (χ0) is 14.6. The van der Waals surface area contributed by atoms with Gasteiger partial charge in [-0.15, -0.1) is 0 Å². The summed E-state index contributed by atoms with van der Waals surface area (Å²) in [5.74, 6) is 0. The quantitative estimate of drug-likeness (QED) is 0.868. The van der Waals surface area contributed by atoms with E-state index in [0.29, 0.717) is 0 Å². The van der Waals surface area contributed by atoms with Gasteiger partial charge >= 0.3 is 0 Å².